The van der Waals surface area contributed by atoms with E-state index in [0.29, 0.717) is 32.2 Å². The van der Waals surface area contributed by atoms with Gasteiger partial charge in [-0.05, 0) is 44.7 Å². The number of nitrogens with two attached hydrogens (primary N) is 1. The number of carboxylic acid groups (broad SMARTS) is 2. The number of guanidine groups is 1. The van der Waals surface area contributed by atoms with Crippen molar-refractivity contribution >= 4 is 30.9 Å². The van der Waals surface area contributed by atoms with Crippen LogP contribution in [0, 0.1) is 5.41 Å². The number of nitrogens with zero attached hydrogens (tertiary/aromatic N) is 1. The molecule has 10 N–H and O–H groups in total. The highest BCUT2D eigenvalue weighted by atomic mass is 16.4. The smallest absolute Gasteiger partial charge is 0.469 e. The number of hydrogen-bond acceptors (Lipinski definition) is 8. The van der Waals surface area contributed by atoms with Crippen LogP contribution in [0.1, 0.15) is 51.0 Å². The zero-order valence-electron chi connectivity index (χ0n) is 22.0. The first-order chi connectivity index (χ1) is 18.0. The monoisotopic (exact) mass is 536 g/mol. The molecule has 0 radical (unpaired) electrons. The molecule has 14 heteroatoms. The summed E-state index contributed by atoms with van der Waals surface area (Å²) in [6.07, 6.45) is 2.75. The molecular weight excluding hydrogens is 495 g/mol. The van der Waals surface area contributed by atoms with Crippen LogP contribution in [0.4, 0.5) is 0 Å². The van der Waals surface area contributed by atoms with Gasteiger partial charge in [0.05, 0.1) is 6.04 Å². The fraction of sp³-hybridized carbons (Fsp3) is 0.583. The average molecular weight is 536 g/mol. The molecule has 2 rings (SSSR count). The van der Waals surface area contributed by atoms with Crippen molar-refractivity contribution in [1.82, 2.24) is 20.9 Å². The van der Waals surface area contributed by atoms with Gasteiger partial charge in [-0.3, -0.25) is 20.3 Å². The van der Waals surface area contributed by atoms with Crippen LogP contribution in [-0.2, 0) is 20.8 Å². The van der Waals surface area contributed by atoms with Crippen LogP contribution in [0.5, 0.6) is 0 Å². The molecule has 0 spiro atoms. The van der Waals surface area contributed by atoms with E-state index in [1.54, 1.807) is 7.05 Å². The Morgan fingerprint density at radius 1 is 1.16 bits per heavy atom. The van der Waals surface area contributed by atoms with Crippen molar-refractivity contribution in [1.29, 1.82) is 5.41 Å². The lowest BCUT2D eigenvalue weighted by Crippen LogP contribution is -2.64. The molecule has 0 saturated heterocycles. The molecule has 1 aromatic carbocycles. The normalized spacial score (nSPS) is 15.4. The minimum absolute atomic E-state index is 0.202. The van der Waals surface area contributed by atoms with Gasteiger partial charge in [-0.1, -0.05) is 43.2 Å². The van der Waals surface area contributed by atoms with Crippen molar-refractivity contribution in [3.63, 3.8) is 0 Å². The van der Waals surface area contributed by atoms with Gasteiger partial charge in [0, 0.05) is 25.5 Å². The van der Waals surface area contributed by atoms with E-state index in [-0.39, 0.29) is 24.3 Å². The maximum atomic E-state index is 13.7. The van der Waals surface area contributed by atoms with Gasteiger partial charge < -0.3 is 41.5 Å². The van der Waals surface area contributed by atoms with E-state index in [9.17, 15) is 24.7 Å². The third kappa shape index (κ3) is 11.9. The second-order valence-electron chi connectivity index (χ2n) is 9.14. The largest absolute Gasteiger partial charge is 0.481 e. The second kappa shape index (κ2) is 17.3. The van der Waals surface area contributed by atoms with Crippen LogP contribution >= 0.6 is 0 Å². The lowest BCUT2D eigenvalue weighted by Gasteiger charge is -2.38. The number of benzene rings is 1. The number of aliphatic carboxylic acids is 2. The summed E-state index contributed by atoms with van der Waals surface area (Å²) in [5, 5.41) is 52.9. The first-order valence-electron chi connectivity index (χ1n) is 12.6. The van der Waals surface area contributed by atoms with E-state index in [1.807, 2.05) is 30.3 Å². The van der Waals surface area contributed by atoms with Gasteiger partial charge in [-0.15, -0.1) is 0 Å². The third-order valence-corrected chi connectivity index (χ3v) is 6.15. The number of rotatable bonds is 14. The molecule has 1 aromatic rings. The maximum Gasteiger partial charge on any atom is 0.469 e. The van der Waals surface area contributed by atoms with Crippen molar-refractivity contribution < 1.29 is 34.6 Å². The van der Waals surface area contributed by atoms with Gasteiger partial charge in [-0.2, -0.15) is 0 Å². The lowest BCUT2D eigenvalue weighted by molar-refractivity contribution is -0.155. The molecular formula is C24H41BN6O7. The molecule has 0 bridgehead atoms. The fourth-order valence-electron chi connectivity index (χ4n) is 4.38. The van der Waals surface area contributed by atoms with Crippen LogP contribution in [-0.4, -0.2) is 93.9 Å². The van der Waals surface area contributed by atoms with Crippen molar-refractivity contribution in [3.8, 4) is 0 Å². The number of amides is 1. The molecule has 0 aromatic heterocycles. The highest BCUT2D eigenvalue weighted by Crippen LogP contribution is 2.26. The van der Waals surface area contributed by atoms with Gasteiger partial charge in [0.2, 0.25) is 5.91 Å². The van der Waals surface area contributed by atoms with Crippen molar-refractivity contribution in [3.05, 3.63) is 35.9 Å². The Morgan fingerprint density at radius 3 is 2.21 bits per heavy atom. The van der Waals surface area contributed by atoms with E-state index >= 15 is 0 Å². The molecule has 0 heterocycles. The number of nitrogens with one attached hydrogen (secondary N) is 4. The Kier molecular flexibility index (Phi) is 15.0. The highest BCUT2D eigenvalue weighted by Gasteiger charge is 2.41. The summed E-state index contributed by atoms with van der Waals surface area (Å²) in [4.78, 5) is 36.4. The van der Waals surface area contributed by atoms with E-state index in [1.165, 1.54) is 4.90 Å². The number of hydrogen-bond donors (Lipinski definition) is 9. The minimum atomic E-state index is -1.83. The highest BCUT2D eigenvalue weighted by molar-refractivity contribution is 6.43. The summed E-state index contributed by atoms with van der Waals surface area (Å²) in [6.45, 7) is 1.40. The molecule has 0 aliphatic heterocycles. The van der Waals surface area contributed by atoms with Crippen LogP contribution in [0.15, 0.2) is 30.3 Å². The van der Waals surface area contributed by atoms with E-state index in [4.69, 9.17) is 21.0 Å². The molecule has 1 fully saturated rings. The van der Waals surface area contributed by atoms with E-state index in [2.05, 4.69) is 16.0 Å². The Morgan fingerprint density at radius 2 is 1.74 bits per heavy atom. The van der Waals surface area contributed by atoms with Crippen LogP contribution < -0.4 is 21.7 Å². The Bertz CT molecular complexity index is 882. The summed E-state index contributed by atoms with van der Waals surface area (Å²) >= 11 is 0. The fourth-order valence-corrected chi connectivity index (χ4v) is 4.38. The topological polar surface area (TPSA) is 221 Å². The van der Waals surface area contributed by atoms with E-state index in [0.717, 1.165) is 25.3 Å². The predicted molar refractivity (Wildman–Crippen MR) is 143 cm³/mol. The molecule has 1 aliphatic carbocycles. The molecule has 13 nitrogen and oxygen atoms in total. The zero-order chi connectivity index (χ0) is 28.7. The SMILES string of the molecule is CC(=O)O.CN[C@H](Cc1ccccc1)C(=O)N(C1CCCC1)C(N[C@@H](CCCNC(=N)N)B(O)O)C(=O)O. The van der Waals surface area contributed by atoms with Crippen LogP contribution in [0.25, 0.3) is 0 Å². The van der Waals surface area contributed by atoms with Gasteiger partial charge in [0.1, 0.15) is 0 Å². The number of carbonyl (C=O) groups excluding carboxylic acids is 1. The standard InChI is InChI=1S/C22H37BN6O5.C2H4O2/c1-26-17(14-15-8-3-2-4-9-15)20(30)29(16-10-5-6-11-16)19(21(31)32)28-18(23(33)34)12-7-13-27-22(24)25;1-2(3)4/h2-4,8-9,16-19,26,28,33-34H,5-7,10-14H2,1H3,(H,31,32)(H4,24,25,27);1H3,(H,3,4)/t17-,18+,19?;/m1./s1. The maximum absolute atomic E-state index is 13.7. The Balaban J connectivity index is 0.00000168. The molecule has 1 aliphatic rings. The van der Waals surface area contributed by atoms with E-state index < -0.39 is 37.2 Å². The molecule has 1 amide bonds. The summed E-state index contributed by atoms with van der Waals surface area (Å²) in [5.74, 6) is -3.63. The number of likely N-dealkylation sites (N-methyl/N-ethyl adjacent to an activating group) is 1. The molecule has 212 valence electrons. The molecule has 3 atom stereocenters. The molecule has 1 unspecified atom stereocenters. The van der Waals surface area contributed by atoms with Crippen molar-refractivity contribution in [2.24, 2.45) is 5.73 Å². The van der Waals surface area contributed by atoms with Gasteiger partial charge in [0.25, 0.3) is 5.97 Å². The first-order valence-corrected chi connectivity index (χ1v) is 12.6. The summed E-state index contributed by atoms with van der Waals surface area (Å²) in [6, 6.07) is 8.59. The summed E-state index contributed by atoms with van der Waals surface area (Å²) in [5.41, 5.74) is 6.21. The average Bonchev–Trinajstić information content (AvgIpc) is 3.37. The summed E-state index contributed by atoms with van der Waals surface area (Å²) in [7, 11) is -0.159. The molecule has 38 heavy (non-hydrogen) atoms. The quantitative estimate of drug-likeness (QED) is 0.0477. The van der Waals surface area contributed by atoms with Gasteiger partial charge in [-0.25, -0.2) is 4.79 Å². The summed E-state index contributed by atoms with van der Waals surface area (Å²) < 4.78 is 0. The van der Waals surface area contributed by atoms with Crippen molar-refractivity contribution in [2.75, 3.05) is 13.6 Å². The molecule has 1 saturated carbocycles. The predicted octanol–water partition coefficient (Wildman–Crippen LogP) is -0.677. The zero-order valence-corrected chi connectivity index (χ0v) is 22.0. The van der Waals surface area contributed by atoms with Crippen LogP contribution in [0.3, 0.4) is 0 Å². The van der Waals surface area contributed by atoms with Crippen LogP contribution in [0.2, 0.25) is 0 Å². The van der Waals surface area contributed by atoms with Gasteiger partial charge >= 0.3 is 13.1 Å². The first kappa shape index (κ1) is 32.8. The minimum Gasteiger partial charge on any atom is -0.481 e. The number of carboxylic acids is 2. The Labute approximate surface area is 223 Å². The number of carbonyl (C=O) groups is 3. The second-order valence-corrected chi connectivity index (χ2v) is 9.14. The van der Waals surface area contributed by atoms with Gasteiger partial charge in [0.15, 0.2) is 12.1 Å². The lowest BCUT2D eigenvalue weighted by atomic mass is 9.76. The third-order valence-electron chi connectivity index (χ3n) is 6.15. The Hall–Kier alpha value is -3.20. The van der Waals surface area contributed by atoms with Crippen molar-refractivity contribution in [2.45, 2.75) is 76.1 Å².